The summed E-state index contributed by atoms with van der Waals surface area (Å²) in [6.45, 7) is 0.198. The normalized spacial score (nSPS) is 21.3. The molecule has 1 fully saturated rings. The molecule has 2 rings (SSSR count). The molecule has 0 bridgehead atoms. The number of carbonyl (C=O) groups excluding carboxylic acids is 1. The Morgan fingerprint density at radius 3 is 2.84 bits per heavy atom. The molecule has 1 saturated heterocycles. The molecule has 1 heterocycles. The zero-order chi connectivity index (χ0) is 14.0. The van der Waals surface area contributed by atoms with Crippen molar-refractivity contribution in [2.75, 3.05) is 12.3 Å². The van der Waals surface area contributed by atoms with Gasteiger partial charge in [0.15, 0.2) is 9.84 Å². The SMILES string of the molecule is O=C(NCC1CCCS1(=O)=O)c1cc(Br)ccc1I. The molecule has 1 atom stereocenters. The fourth-order valence-electron chi connectivity index (χ4n) is 2.06. The molecule has 0 aromatic heterocycles. The molecule has 1 aliphatic rings. The number of benzene rings is 1. The van der Waals surface area contributed by atoms with Crippen LogP contribution in [-0.4, -0.2) is 31.9 Å². The van der Waals surface area contributed by atoms with Gasteiger partial charge in [-0.3, -0.25) is 4.79 Å². The molecule has 1 aromatic rings. The standard InChI is InChI=1S/C12H13BrINO3S/c13-8-3-4-11(14)10(6-8)12(16)15-7-9-2-1-5-19(9,17)18/h3-4,6,9H,1-2,5,7H2,(H,15,16). The van der Waals surface area contributed by atoms with Crippen molar-refractivity contribution in [2.24, 2.45) is 0 Å². The summed E-state index contributed by atoms with van der Waals surface area (Å²) >= 11 is 5.41. The second kappa shape index (κ2) is 6.09. The lowest BCUT2D eigenvalue weighted by Crippen LogP contribution is -2.34. The number of hydrogen-bond donors (Lipinski definition) is 1. The maximum absolute atomic E-state index is 12.1. The van der Waals surface area contributed by atoms with Crippen LogP contribution in [-0.2, 0) is 9.84 Å². The molecule has 1 unspecified atom stereocenters. The van der Waals surface area contributed by atoms with E-state index in [2.05, 4.69) is 43.8 Å². The molecule has 7 heteroatoms. The van der Waals surface area contributed by atoms with E-state index in [4.69, 9.17) is 0 Å². The van der Waals surface area contributed by atoms with Gasteiger partial charge in [0.25, 0.3) is 5.91 Å². The highest BCUT2D eigenvalue weighted by Gasteiger charge is 2.31. The lowest BCUT2D eigenvalue weighted by molar-refractivity contribution is 0.0952. The third-order valence-corrected chi connectivity index (χ3v) is 6.84. The Labute approximate surface area is 134 Å². The van der Waals surface area contributed by atoms with E-state index in [1.165, 1.54) is 0 Å². The van der Waals surface area contributed by atoms with Crippen molar-refractivity contribution in [3.63, 3.8) is 0 Å². The molecule has 19 heavy (non-hydrogen) atoms. The monoisotopic (exact) mass is 457 g/mol. The highest BCUT2D eigenvalue weighted by molar-refractivity contribution is 14.1. The molecule has 0 aliphatic carbocycles. The smallest absolute Gasteiger partial charge is 0.252 e. The maximum atomic E-state index is 12.1. The molecular formula is C12H13BrINO3S. The first-order valence-corrected chi connectivity index (χ1v) is 9.44. The first-order valence-electron chi connectivity index (χ1n) is 5.85. The van der Waals surface area contributed by atoms with E-state index >= 15 is 0 Å². The molecule has 1 aliphatic heterocycles. The van der Waals surface area contributed by atoms with E-state index in [1.807, 2.05) is 12.1 Å². The quantitative estimate of drug-likeness (QED) is 0.708. The predicted molar refractivity (Wildman–Crippen MR) is 86.0 cm³/mol. The number of rotatable bonds is 3. The Morgan fingerprint density at radius 1 is 1.47 bits per heavy atom. The van der Waals surface area contributed by atoms with Crippen LogP contribution in [0.4, 0.5) is 0 Å². The number of carbonyl (C=O) groups is 1. The fraction of sp³-hybridized carbons (Fsp3) is 0.417. The first-order chi connectivity index (χ1) is 8.90. The van der Waals surface area contributed by atoms with E-state index in [0.29, 0.717) is 18.4 Å². The van der Waals surface area contributed by atoms with E-state index < -0.39 is 15.1 Å². The largest absolute Gasteiger partial charge is 0.351 e. The Kier molecular flexibility index (Phi) is 4.88. The van der Waals surface area contributed by atoms with Crippen LogP contribution in [0, 0.1) is 3.57 Å². The van der Waals surface area contributed by atoms with Gasteiger partial charge in [0.05, 0.1) is 16.6 Å². The van der Waals surface area contributed by atoms with Gasteiger partial charge in [-0.15, -0.1) is 0 Å². The van der Waals surface area contributed by atoms with Crippen LogP contribution in [0.2, 0.25) is 0 Å². The van der Waals surface area contributed by atoms with Crippen molar-refractivity contribution in [1.29, 1.82) is 0 Å². The van der Waals surface area contributed by atoms with Crippen molar-refractivity contribution in [3.05, 3.63) is 31.8 Å². The van der Waals surface area contributed by atoms with Crippen molar-refractivity contribution in [1.82, 2.24) is 5.32 Å². The summed E-state index contributed by atoms with van der Waals surface area (Å²) in [6.07, 6.45) is 1.33. The van der Waals surface area contributed by atoms with Gasteiger partial charge in [0.1, 0.15) is 0 Å². The molecule has 0 radical (unpaired) electrons. The van der Waals surface area contributed by atoms with Crippen LogP contribution < -0.4 is 5.32 Å². The summed E-state index contributed by atoms with van der Waals surface area (Å²) < 4.78 is 25.0. The van der Waals surface area contributed by atoms with Gasteiger partial charge in [0, 0.05) is 14.6 Å². The lowest BCUT2D eigenvalue weighted by Gasteiger charge is -2.11. The summed E-state index contributed by atoms with van der Waals surface area (Å²) in [5.74, 6) is 0.00916. The molecule has 104 valence electrons. The van der Waals surface area contributed by atoms with Crippen molar-refractivity contribution >= 4 is 54.3 Å². The third kappa shape index (κ3) is 3.69. The van der Waals surface area contributed by atoms with Gasteiger partial charge < -0.3 is 5.32 Å². The Hall–Kier alpha value is -0.150. The Balaban J connectivity index is 2.04. The molecule has 0 saturated carbocycles. The number of nitrogens with one attached hydrogen (secondary N) is 1. The van der Waals surface area contributed by atoms with Gasteiger partial charge in [-0.1, -0.05) is 15.9 Å². The minimum absolute atomic E-state index is 0.198. The molecule has 0 spiro atoms. The van der Waals surface area contributed by atoms with Crippen molar-refractivity contribution in [3.8, 4) is 0 Å². The summed E-state index contributed by atoms with van der Waals surface area (Å²) in [4.78, 5) is 12.1. The lowest BCUT2D eigenvalue weighted by atomic mass is 10.2. The van der Waals surface area contributed by atoms with Gasteiger partial charge in [-0.2, -0.15) is 0 Å². The zero-order valence-electron chi connectivity index (χ0n) is 10.0. The Bertz CT molecular complexity index is 603. The van der Waals surface area contributed by atoms with E-state index in [1.54, 1.807) is 6.07 Å². The molecule has 1 N–H and O–H groups in total. The van der Waals surface area contributed by atoms with Crippen LogP contribution in [0.3, 0.4) is 0 Å². The summed E-state index contributed by atoms with van der Waals surface area (Å²) in [6, 6.07) is 5.44. The van der Waals surface area contributed by atoms with Crippen LogP contribution >= 0.6 is 38.5 Å². The van der Waals surface area contributed by atoms with Crippen molar-refractivity contribution < 1.29 is 13.2 Å². The number of halogens is 2. The average molecular weight is 458 g/mol. The fourth-order valence-corrected chi connectivity index (χ4v) is 4.77. The minimum Gasteiger partial charge on any atom is -0.351 e. The summed E-state index contributed by atoms with van der Waals surface area (Å²) in [5.41, 5.74) is 0.561. The Morgan fingerprint density at radius 2 is 2.21 bits per heavy atom. The van der Waals surface area contributed by atoms with Gasteiger partial charge >= 0.3 is 0 Å². The highest BCUT2D eigenvalue weighted by Crippen LogP contribution is 2.20. The molecule has 4 nitrogen and oxygen atoms in total. The van der Waals surface area contributed by atoms with E-state index in [-0.39, 0.29) is 18.2 Å². The van der Waals surface area contributed by atoms with Gasteiger partial charge in [-0.05, 0) is 53.6 Å². The van der Waals surface area contributed by atoms with Crippen LogP contribution in [0.1, 0.15) is 23.2 Å². The summed E-state index contributed by atoms with van der Waals surface area (Å²) in [7, 11) is -3.01. The van der Waals surface area contributed by atoms with E-state index in [0.717, 1.165) is 8.04 Å². The number of amides is 1. The first kappa shape index (κ1) is 15.2. The topological polar surface area (TPSA) is 63.2 Å². The van der Waals surface area contributed by atoms with E-state index in [9.17, 15) is 13.2 Å². The molecular weight excluding hydrogens is 445 g/mol. The molecule has 1 amide bonds. The predicted octanol–water partition coefficient (Wildman–Crippen LogP) is 2.36. The second-order valence-corrected chi connectivity index (χ2v) is 8.94. The average Bonchev–Trinajstić information content (AvgIpc) is 2.68. The number of hydrogen-bond acceptors (Lipinski definition) is 3. The summed E-state index contributed by atoms with van der Waals surface area (Å²) in [5, 5.41) is 2.29. The second-order valence-electron chi connectivity index (χ2n) is 4.47. The zero-order valence-corrected chi connectivity index (χ0v) is 14.6. The van der Waals surface area contributed by atoms with Crippen LogP contribution in [0.25, 0.3) is 0 Å². The molecule has 1 aromatic carbocycles. The van der Waals surface area contributed by atoms with Crippen LogP contribution in [0.5, 0.6) is 0 Å². The third-order valence-electron chi connectivity index (χ3n) is 3.13. The van der Waals surface area contributed by atoms with Gasteiger partial charge in [-0.25, -0.2) is 8.42 Å². The minimum atomic E-state index is -3.01. The van der Waals surface area contributed by atoms with Crippen LogP contribution in [0.15, 0.2) is 22.7 Å². The van der Waals surface area contributed by atoms with Crippen molar-refractivity contribution in [2.45, 2.75) is 18.1 Å². The van der Waals surface area contributed by atoms with Gasteiger partial charge in [0.2, 0.25) is 0 Å². The highest BCUT2D eigenvalue weighted by atomic mass is 127. The number of sulfone groups is 1. The maximum Gasteiger partial charge on any atom is 0.252 e.